The molecule has 1 N–H and O–H groups in total. The Bertz CT molecular complexity index is 1200. The summed E-state index contributed by atoms with van der Waals surface area (Å²) in [6.07, 6.45) is 4.85. The van der Waals surface area contributed by atoms with Gasteiger partial charge in [-0.15, -0.1) is 0 Å². The van der Waals surface area contributed by atoms with Gasteiger partial charge in [0.15, 0.2) is 0 Å². The number of hydrogen-bond acceptors (Lipinski definition) is 4. The van der Waals surface area contributed by atoms with E-state index < -0.39 is 0 Å². The molecule has 184 valence electrons. The van der Waals surface area contributed by atoms with E-state index in [0.29, 0.717) is 6.42 Å². The van der Waals surface area contributed by atoms with E-state index in [2.05, 4.69) is 57.6 Å². The van der Waals surface area contributed by atoms with Crippen molar-refractivity contribution in [2.75, 3.05) is 47.8 Å². The highest BCUT2D eigenvalue weighted by Crippen LogP contribution is 2.23. The number of benzene rings is 3. The first kappa shape index (κ1) is 23.8. The number of carbonyl (C=O) groups excluding carboxylic acids is 2. The van der Waals surface area contributed by atoms with E-state index in [-0.39, 0.29) is 11.8 Å². The third-order valence-corrected chi connectivity index (χ3v) is 6.83. The third kappa shape index (κ3) is 6.01. The maximum absolute atomic E-state index is 12.4. The fourth-order valence-corrected chi connectivity index (χ4v) is 4.80. The molecule has 0 aromatic heterocycles. The van der Waals surface area contributed by atoms with Crippen molar-refractivity contribution in [1.82, 2.24) is 4.90 Å². The highest BCUT2D eigenvalue weighted by molar-refractivity contribution is 6.02. The number of nitrogens with one attached hydrogen (secondary N) is 1. The highest BCUT2D eigenvalue weighted by Gasteiger charge is 2.21. The van der Waals surface area contributed by atoms with Crippen molar-refractivity contribution in [1.29, 1.82) is 0 Å². The van der Waals surface area contributed by atoms with Crippen LogP contribution >= 0.6 is 0 Å². The molecule has 3 aromatic carbocycles. The van der Waals surface area contributed by atoms with Crippen LogP contribution in [0, 0.1) is 0 Å². The van der Waals surface area contributed by atoms with E-state index in [4.69, 9.17) is 0 Å². The molecule has 36 heavy (non-hydrogen) atoms. The van der Waals surface area contributed by atoms with Gasteiger partial charge in [0, 0.05) is 68.8 Å². The summed E-state index contributed by atoms with van der Waals surface area (Å²) in [5.41, 5.74) is 5.15. The maximum Gasteiger partial charge on any atom is 0.248 e. The van der Waals surface area contributed by atoms with Gasteiger partial charge in [0.1, 0.15) is 0 Å². The Labute approximate surface area is 212 Å². The van der Waals surface area contributed by atoms with Crippen LogP contribution < -0.4 is 15.1 Å². The van der Waals surface area contributed by atoms with E-state index in [1.807, 2.05) is 41.3 Å². The van der Waals surface area contributed by atoms with Crippen molar-refractivity contribution in [3.63, 3.8) is 0 Å². The van der Waals surface area contributed by atoms with Crippen LogP contribution in [-0.2, 0) is 16.1 Å². The number of rotatable bonds is 7. The Hall–Kier alpha value is -3.90. The summed E-state index contributed by atoms with van der Waals surface area (Å²) >= 11 is 0. The average molecular weight is 481 g/mol. The number of nitrogens with zero attached hydrogens (tertiary/aromatic N) is 3. The molecule has 2 amide bonds. The first-order valence-corrected chi connectivity index (χ1v) is 12.6. The summed E-state index contributed by atoms with van der Waals surface area (Å²) in [5.74, 6) is 0.00470. The second kappa shape index (κ2) is 11.2. The van der Waals surface area contributed by atoms with Crippen LogP contribution in [-0.4, -0.2) is 49.4 Å². The molecule has 5 rings (SSSR count). The van der Waals surface area contributed by atoms with Gasteiger partial charge in [-0.05, 0) is 60.0 Å². The second-order valence-electron chi connectivity index (χ2n) is 9.36. The SMILES string of the molecule is O=C(/C=C/c1ccc(N2CCCC2=O)cc1)Nc1ccc(N2CCN(Cc3ccccc3)CC2)cc1. The average Bonchev–Trinajstić information content (AvgIpc) is 3.35. The smallest absolute Gasteiger partial charge is 0.248 e. The quantitative estimate of drug-likeness (QED) is 0.494. The van der Waals surface area contributed by atoms with Crippen LogP contribution in [0.15, 0.2) is 84.9 Å². The molecule has 0 radical (unpaired) electrons. The molecular formula is C30H32N4O2. The molecule has 6 nitrogen and oxygen atoms in total. The zero-order valence-electron chi connectivity index (χ0n) is 20.5. The number of amides is 2. The Morgan fingerprint density at radius 1 is 0.806 bits per heavy atom. The molecular weight excluding hydrogens is 448 g/mol. The van der Waals surface area contributed by atoms with Gasteiger partial charge >= 0.3 is 0 Å². The van der Waals surface area contributed by atoms with Crippen molar-refractivity contribution in [2.24, 2.45) is 0 Å². The Kier molecular flexibility index (Phi) is 7.43. The molecule has 2 fully saturated rings. The number of piperazine rings is 1. The minimum atomic E-state index is -0.170. The lowest BCUT2D eigenvalue weighted by molar-refractivity contribution is -0.117. The minimum Gasteiger partial charge on any atom is -0.369 e. The van der Waals surface area contributed by atoms with Crippen LogP contribution in [0.4, 0.5) is 17.1 Å². The fraction of sp³-hybridized carbons (Fsp3) is 0.267. The van der Waals surface area contributed by atoms with Crippen molar-refractivity contribution >= 4 is 35.0 Å². The van der Waals surface area contributed by atoms with Crippen LogP contribution in [0.5, 0.6) is 0 Å². The molecule has 0 aliphatic carbocycles. The monoisotopic (exact) mass is 480 g/mol. The van der Waals surface area contributed by atoms with Crippen molar-refractivity contribution in [3.8, 4) is 0 Å². The molecule has 2 aliphatic heterocycles. The van der Waals surface area contributed by atoms with Gasteiger partial charge < -0.3 is 15.1 Å². The van der Waals surface area contributed by atoms with E-state index in [0.717, 1.165) is 62.6 Å². The lowest BCUT2D eigenvalue weighted by Gasteiger charge is -2.36. The third-order valence-electron chi connectivity index (χ3n) is 6.83. The van der Waals surface area contributed by atoms with Gasteiger partial charge in [0.2, 0.25) is 11.8 Å². The first-order valence-electron chi connectivity index (χ1n) is 12.6. The van der Waals surface area contributed by atoms with Gasteiger partial charge in [0.25, 0.3) is 0 Å². The Morgan fingerprint density at radius 2 is 1.50 bits per heavy atom. The number of hydrogen-bond donors (Lipinski definition) is 1. The number of anilines is 3. The van der Waals surface area contributed by atoms with E-state index in [9.17, 15) is 9.59 Å². The molecule has 0 spiro atoms. The summed E-state index contributed by atoms with van der Waals surface area (Å²) in [4.78, 5) is 31.0. The molecule has 0 atom stereocenters. The molecule has 0 bridgehead atoms. The van der Waals surface area contributed by atoms with Crippen molar-refractivity contribution in [2.45, 2.75) is 19.4 Å². The molecule has 2 saturated heterocycles. The Balaban J connectivity index is 1.09. The standard InChI is InChI=1S/C30H32N4O2/c35-29(17-10-24-8-13-28(14-9-24)34-18-4-7-30(34)36)31-26-11-15-27(16-12-26)33-21-19-32(20-22-33)23-25-5-2-1-3-6-25/h1-3,5-6,8-17H,4,7,18-23H2,(H,31,35)/b17-10+. The Morgan fingerprint density at radius 3 is 2.17 bits per heavy atom. The predicted molar refractivity (Wildman–Crippen MR) is 146 cm³/mol. The van der Waals surface area contributed by atoms with Gasteiger partial charge in [-0.3, -0.25) is 14.5 Å². The second-order valence-corrected chi connectivity index (χ2v) is 9.36. The topological polar surface area (TPSA) is 55.9 Å². The zero-order valence-corrected chi connectivity index (χ0v) is 20.5. The van der Waals surface area contributed by atoms with Crippen LogP contribution in [0.2, 0.25) is 0 Å². The maximum atomic E-state index is 12.4. The van der Waals surface area contributed by atoms with Gasteiger partial charge in [-0.25, -0.2) is 0 Å². The van der Waals surface area contributed by atoms with Gasteiger partial charge in [0.05, 0.1) is 0 Å². The molecule has 2 aliphatic rings. The first-order chi connectivity index (χ1) is 17.6. The lowest BCUT2D eigenvalue weighted by Crippen LogP contribution is -2.45. The summed E-state index contributed by atoms with van der Waals surface area (Å²) in [7, 11) is 0. The van der Waals surface area contributed by atoms with Gasteiger partial charge in [-0.2, -0.15) is 0 Å². The van der Waals surface area contributed by atoms with E-state index in [1.165, 1.54) is 17.3 Å². The molecule has 2 heterocycles. The minimum absolute atomic E-state index is 0.170. The zero-order chi connectivity index (χ0) is 24.7. The molecule has 0 unspecified atom stereocenters. The van der Waals surface area contributed by atoms with Crippen LogP contribution in [0.3, 0.4) is 0 Å². The van der Waals surface area contributed by atoms with E-state index in [1.54, 1.807) is 6.08 Å². The lowest BCUT2D eigenvalue weighted by atomic mass is 10.1. The molecule has 3 aromatic rings. The highest BCUT2D eigenvalue weighted by atomic mass is 16.2. The summed E-state index contributed by atoms with van der Waals surface area (Å²) < 4.78 is 0. The summed E-state index contributed by atoms with van der Waals surface area (Å²) in [6.45, 7) is 5.83. The van der Waals surface area contributed by atoms with Crippen LogP contribution in [0.25, 0.3) is 6.08 Å². The molecule has 0 saturated carbocycles. The van der Waals surface area contributed by atoms with Crippen molar-refractivity contribution in [3.05, 3.63) is 96.1 Å². The normalized spacial score (nSPS) is 16.6. The van der Waals surface area contributed by atoms with E-state index >= 15 is 0 Å². The van der Waals surface area contributed by atoms with Crippen molar-refractivity contribution < 1.29 is 9.59 Å². The summed E-state index contributed by atoms with van der Waals surface area (Å²) in [5, 5.41) is 2.93. The van der Waals surface area contributed by atoms with Crippen LogP contribution in [0.1, 0.15) is 24.0 Å². The predicted octanol–water partition coefficient (Wildman–Crippen LogP) is 4.79. The number of carbonyl (C=O) groups is 2. The van der Waals surface area contributed by atoms with Gasteiger partial charge in [-0.1, -0.05) is 42.5 Å². The molecule has 6 heteroatoms. The summed E-state index contributed by atoms with van der Waals surface area (Å²) in [6, 6.07) is 26.4. The largest absolute Gasteiger partial charge is 0.369 e. The fourth-order valence-electron chi connectivity index (χ4n) is 4.80.